The number of hydrogen-bond donors (Lipinski definition) is 2. The summed E-state index contributed by atoms with van der Waals surface area (Å²) < 4.78 is 11.3. The third kappa shape index (κ3) is 5.88. The standard InChI is InChI=1S/C25H21N5O5/c1-34-24-13-19(9-12-23(24)35-16-18-5-3-2-4-6-18)21-14-22(28-27-21)25(31)29-26-15-17-7-10-20(11-8-17)30(32)33/h2-15H,16H2,1H3,(H,27,28)(H,29,31)/b26-15+. The van der Waals surface area contributed by atoms with Crippen molar-refractivity contribution < 1.29 is 19.2 Å². The molecule has 0 spiro atoms. The number of nitro groups is 1. The first-order chi connectivity index (χ1) is 17.0. The number of aromatic amines is 1. The van der Waals surface area contributed by atoms with Gasteiger partial charge < -0.3 is 9.47 Å². The van der Waals surface area contributed by atoms with E-state index in [2.05, 4.69) is 20.7 Å². The molecule has 4 aromatic rings. The number of ether oxygens (including phenoxy) is 2. The molecule has 0 bridgehead atoms. The van der Waals surface area contributed by atoms with Gasteiger partial charge in [-0.15, -0.1) is 0 Å². The lowest BCUT2D eigenvalue weighted by Gasteiger charge is -2.11. The second-order valence-electron chi connectivity index (χ2n) is 7.35. The van der Waals surface area contributed by atoms with E-state index < -0.39 is 10.8 Å². The van der Waals surface area contributed by atoms with E-state index in [0.717, 1.165) is 11.1 Å². The van der Waals surface area contributed by atoms with Gasteiger partial charge in [-0.05, 0) is 47.5 Å². The molecule has 0 fully saturated rings. The van der Waals surface area contributed by atoms with Gasteiger partial charge >= 0.3 is 0 Å². The highest BCUT2D eigenvalue weighted by molar-refractivity contribution is 5.94. The number of hydrogen-bond acceptors (Lipinski definition) is 7. The summed E-state index contributed by atoms with van der Waals surface area (Å²) in [5, 5.41) is 21.5. The number of carbonyl (C=O) groups excluding carboxylic acids is 1. The van der Waals surface area contributed by atoms with Crippen LogP contribution in [0.4, 0.5) is 5.69 Å². The molecule has 1 heterocycles. The van der Waals surface area contributed by atoms with Crippen molar-refractivity contribution in [3.8, 4) is 22.8 Å². The molecule has 0 aliphatic rings. The zero-order valence-corrected chi connectivity index (χ0v) is 18.7. The first kappa shape index (κ1) is 23.2. The van der Waals surface area contributed by atoms with Gasteiger partial charge in [0.1, 0.15) is 12.3 Å². The molecule has 10 heteroatoms. The Bertz CT molecular complexity index is 1350. The van der Waals surface area contributed by atoms with Crippen LogP contribution in [-0.2, 0) is 6.61 Å². The van der Waals surface area contributed by atoms with Crippen molar-refractivity contribution >= 4 is 17.8 Å². The topological polar surface area (TPSA) is 132 Å². The van der Waals surface area contributed by atoms with Gasteiger partial charge in [-0.2, -0.15) is 10.2 Å². The number of aromatic nitrogens is 2. The number of hydrazone groups is 1. The largest absolute Gasteiger partial charge is 0.493 e. The summed E-state index contributed by atoms with van der Waals surface area (Å²) >= 11 is 0. The van der Waals surface area contributed by atoms with E-state index in [-0.39, 0.29) is 11.4 Å². The Hall–Kier alpha value is -4.99. The molecule has 0 saturated heterocycles. The number of non-ortho nitro benzene ring substituents is 1. The van der Waals surface area contributed by atoms with Gasteiger partial charge in [-0.1, -0.05) is 30.3 Å². The molecule has 0 saturated carbocycles. The van der Waals surface area contributed by atoms with Crippen molar-refractivity contribution in [2.45, 2.75) is 6.61 Å². The molecule has 176 valence electrons. The molecule has 0 atom stereocenters. The van der Waals surface area contributed by atoms with Crippen LogP contribution in [0.1, 0.15) is 21.6 Å². The van der Waals surface area contributed by atoms with E-state index in [0.29, 0.717) is 29.4 Å². The van der Waals surface area contributed by atoms with Crippen LogP contribution in [0.2, 0.25) is 0 Å². The first-order valence-corrected chi connectivity index (χ1v) is 10.5. The minimum absolute atomic E-state index is 0.0244. The fraction of sp³-hybridized carbons (Fsp3) is 0.0800. The van der Waals surface area contributed by atoms with Crippen LogP contribution >= 0.6 is 0 Å². The molecular weight excluding hydrogens is 450 g/mol. The van der Waals surface area contributed by atoms with Crippen molar-refractivity contribution in [2.75, 3.05) is 7.11 Å². The lowest BCUT2D eigenvalue weighted by molar-refractivity contribution is -0.384. The van der Waals surface area contributed by atoms with Gasteiger partial charge in [0.2, 0.25) is 0 Å². The molecule has 0 aliphatic heterocycles. The molecule has 1 aromatic heterocycles. The highest BCUT2D eigenvalue weighted by Crippen LogP contribution is 2.32. The minimum Gasteiger partial charge on any atom is -0.493 e. The number of methoxy groups -OCH3 is 1. The molecule has 10 nitrogen and oxygen atoms in total. The number of nitrogens with zero attached hydrogens (tertiary/aromatic N) is 3. The van der Waals surface area contributed by atoms with Crippen LogP contribution in [0, 0.1) is 10.1 Å². The van der Waals surface area contributed by atoms with E-state index in [1.807, 2.05) is 36.4 Å². The van der Waals surface area contributed by atoms with E-state index in [1.54, 1.807) is 25.3 Å². The summed E-state index contributed by atoms with van der Waals surface area (Å²) in [6, 6.07) is 22.6. The highest BCUT2D eigenvalue weighted by atomic mass is 16.6. The lowest BCUT2D eigenvalue weighted by Crippen LogP contribution is -2.17. The summed E-state index contributed by atoms with van der Waals surface area (Å²) in [6.07, 6.45) is 1.39. The molecule has 3 aromatic carbocycles. The molecule has 0 unspecified atom stereocenters. The Morgan fingerprint density at radius 2 is 1.86 bits per heavy atom. The second kappa shape index (κ2) is 10.8. The predicted octanol–water partition coefficient (Wildman–Crippen LogP) is 4.34. The SMILES string of the molecule is COc1cc(-c2cc(C(=O)N/N=C/c3ccc([N+](=O)[O-])cc3)[nH]n2)ccc1OCc1ccccc1. The smallest absolute Gasteiger partial charge is 0.289 e. The van der Waals surface area contributed by atoms with Gasteiger partial charge in [0.25, 0.3) is 11.6 Å². The Labute approximate surface area is 200 Å². The van der Waals surface area contributed by atoms with Crippen molar-refractivity contribution in [1.29, 1.82) is 0 Å². The molecule has 35 heavy (non-hydrogen) atoms. The lowest BCUT2D eigenvalue weighted by atomic mass is 10.1. The van der Waals surface area contributed by atoms with Gasteiger partial charge in [0.15, 0.2) is 11.5 Å². The van der Waals surface area contributed by atoms with Gasteiger partial charge in [0, 0.05) is 17.7 Å². The van der Waals surface area contributed by atoms with Crippen molar-refractivity contribution in [1.82, 2.24) is 15.6 Å². The third-order valence-electron chi connectivity index (χ3n) is 5.00. The summed E-state index contributed by atoms with van der Waals surface area (Å²) in [7, 11) is 1.56. The highest BCUT2D eigenvalue weighted by Gasteiger charge is 2.13. The number of H-pyrrole nitrogens is 1. The van der Waals surface area contributed by atoms with Crippen LogP contribution in [0.3, 0.4) is 0 Å². The summed E-state index contributed by atoms with van der Waals surface area (Å²) in [6.45, 7) is 0.406. The summed E-state index contributed by atoms with van der Waals surface area (Å²) in [5.41, 5.74) is 5.50. The maximum atomic E-state index is 12.4. The average Bonchev–Trinajstić information content (AvgIpc) is 3.39. The number of nitrogens with one attached hydrogen (secondary N) is 2. The third-order valence-corrected chi connectivity index (χ3v) is 5.00. The first-order valence-electron chi connectivity index (χ1n) is 10.5. The number of nitro benzene ring substituents is 1. The second-order valence-corrected chi connectivity index (χ2v) is 7.35. The molecule has 0 aliphatic carbocycles. The van der Waals surface area contributed by atoms with Gasteiger partial charge in [-0.3, -0.25) is 20.0 Å². The van der Waals surface area contributed by atoms with Gasteiger partial charge in [-0.25, -0.2) is 5.43 Å². The van der Waals surface area contributed by atoms with Crippen molar-refractivity contribution in [2.24, 2.45) is 5.10 Å². The van der Waals surface area contributed by atoms with E-state index >= 15 is 0 Å². The van der Waals surface area contributed by atoms with E-state index in [1.165, 1.54) is 30.5 Å². The van der Waals surface area contributed by atoms with Crippen molar-refractivity contribution in [3.05, 3.63) is 106 Å². The van der Waals surface area contributed by atoms with Gasteiger partial charge in [0.05, 0.1) is 23.9 Å². The van der Waals surface area contributed by atoms with E-state index in [9.17, 15) is 14.9 Å². The zero-order chi connectivity index (χ0) is 24.6. The normalized spacial score (nSPS) is 10.8. The number of benzene rings is 3. The minimum atomic E-state index is -0.489. The van der Waals surface area contributed by atoms with Crippen molar-refractivity contribution in [3.63, 3.8) is 0 Å². The van der Waals surface area contributed by atoms with Crippen LogP contribution < -0.4 is 14.9 Å². The Kier molecular flexibility index (Phi) is 7.12. The molecular formula is C25H21N5O5. The fourth-order valence-corrected chi connectivity index (χ4v) is 3.18. The Balaban J connectivity index is 1.39. The maximum absolute atomic E-state index is 12.4. The van der Waals surface area contributed by atoms with Crippen LogP contribution in [0.25, 0.3) is 11.3 Å². The van der Waals surface area contributed by atoms with Crippen LogP contribution in [0.5, 0.6) is 11.5 Å². The number of amides is 1. The average molecular weight is 471 g/mol. The predicted molar refractivity (Wildman–Crippen MR) is 130 cm³/mol. The van der Waals surface area contributed by atoms with E-state index in [4.69, 9.17) is 9.47 Å². The number of rotatable bonds is 9. The molecule has 2 N–H and O–H groups in total. The number of carbonyl (C=O) groups is 1. The monoisotopic (exact) mass is 471 g/mol. The Morgan fingerprint density at radius 1 is 1.09 bits per heavy atom. The Morgan fingerprint density at radius 3 is 2.57 bits per heavy atom. The maximum Gasteiger partial charge on any atom is 0.289 e. The zero-order valence-electron chi connectivity index (χ0n) is 18.7. The summed E-state index contributed by atoms with van der Waals surface area (Å²) in [5.74, 6) is 0.644. The molecule has 1 amide bonds. The fourth-order valence-electron chi connectivity index (χ4n) is 3.18. The molecule has 4 rings (SSSR count). The van der Waals surface area contributed by atoms with Crippen LogP contribution in [0.15, 0.2) is 84.0 Å². The quantitative estimate of drug-likeness (QED) is 0.212. The summed E-state index contributed by atoms with van der Waals surface area (Å²) in [4.78, 5) is 22.6. The van der Waals surface area contributed by atoms with Crippen LogP contribution in [-0.4, -0.2) is 34.4 Å². The molecule has 0 radical (unpaired) electrons.